The summed E-state index contributed by atoms with van der Waals surface area (Å²) in [4.78, 5) is 38.8. The Kier molecular flexibility index (Phi) is 8.88. The van der Waals surface area contributed by atoms with Crippen molar-refractivity contribution in [2.75, 3.05) is 51.9 Å². The van der Waals surface area contributed by atoms with Crippen LogP contribution in [0.3, 0.4) is 0 Å². The van der Waals surface area contributed by atoms with Crippen molar-refractivity contribution in [2.45, 2.75) is 33.1 Å². The van der Waals surface area contributed by atoms with Crippen LogP contribution in [0.15, 0.2) is 0 Å². The summed E-state index contributed by atoms with van der Waals surface area (Å²) in [5, 5.41) is 3.14. The van der Waals surface area contributed by atoms with Crippen molar-refractivity contribution >= 4 is 34.2 Å². The highest BCUT2D eigenvalue weighted by Gasteiger charge is 2.28. The molecule has 0 atom stereocenters. The van der Waals surface area contributed by atoms with E-state index in [9.17, 15) is 14.4 Å². The molecule has 0 aromatic carbocycles. The Labute approximate surface area is 169 Å². The molecule has 1 aliphatic rings. The molecule has 9 heteroatoms. The second kappa shape index (κ2) is 11.1. The maximum Gasteiger partial charge on any atom is 0.348 e. The first kappa shape index (κ1) is 22.3. The van der Waals surface area contributed by atoms with Gasteiger partial charge in [0, 0.05) is 7.11 Å². The molecule has 28 heavy (non-hydrogen) atoms. The predicted octanol–water partition coefficient (Wildman–Crippen LogP) is 1.04. The van der Waals surface area contributed by atoms with Crippen LogP contribution >= 0.6 is 11.3 Å². The quantitative estimate of drug-likeness (QED) is 0.464. The molecule has 0 radical (unpaired) electrons. The molecule has 0 bridgehead atoms. The number of likely N-dealkylation sites (tertiary alicyclic amines) is 1. The summed E-state index contributed by atoms with van der Waals surface area (Å²) in [6, 6.07) is 0. The summed E-state index contributed by atoms with van der Waals surface area (Å²) in [6.07, 6.45) is 3.44. The van der Waals surface area contributed by atoms with Gasteiger partial charge in [-0.1, -0.05) is 0 Å². The van der Waals surface area contributed by atoms with Crippen LogP contribution in [0.1, 0.15) is 51.8 Å². The lowest BCUT2D eigenvalue weighted by Crippen LogP contribution is -3.13. The number of esters is 2. The smallest absolute Gasteiger partial charge is 0.348 e. The van der Waals surface area contributed by atoms with Crippen LogP contribution in [-0.4, -0.2) is 64.4 Å². The zero-order valence-electron chi connectivity index (χ0n) is 16.7. The number of nitrogens with one attached hydrogen (secondary N) is 2. The lowest BCUT2D eigenvalue weighted by Gasteiger charge is -2.22. The van der Waals surface area contributed by atoms with Gasteiger partial charge in [0.15, 0.2) is 6.54 Å². The van der Waals surface area contributed by atoms with Crippen molar-refractivity contribution in [1.29, 1.82) is 0 Å². The van der Waals surface area contributed by atoms with Gasteiger partial charge in [-0.3, -0.25) is 4.79 Å². The number of carbonyl (C=O) groups is 3. The highest BCUT2D eigenvalue weighted by molar-refractivity contribution is 7.18. The topological polar surface area (TPSA) is 95.4 Å². The van der Waals surface area contributed by atoms with E-state index in [2.05, 4.69) is 5.32 Å². The number of piperidine rings is 1. The van der Waals surface area contributed by atoms with Crippen molar-refractivity contribution in [1.82, 2.24) is 0 Å². The first-order valence-corrected chi connectivity index (χ1v) is 10.4. The average molecular weight is 414 g/mol. The van der Waals surface area contributed by atoms with Gasteiger partial charge in [-0.2, -0.15) is 0 Å². The SMILES string of the molecule is CCOC(=O)c1c(NC(=O)C[NH+]2CCCCC2)sc(C(=O)OCCOC)c1C. The van der Waals surface area contributed by atoms with Gasteiger partial charge in [0.1, 0.15) is 16.5 Å². The van der Waals surface area contributed by atoms with E-state index in [0.717, 1.165) is 37.3 Å². The summed E-state index contributed by atoms with van der Waals surface area (Å²) in [5.74, 6) is -1.29. The number of rotatable bonds is 9. The summed E-state index contributed by atoms with van der Waals surface area (Å²) in [5.41, 5.74) is 0.666. The molecule has 156 valence electrons. The first-order valence-electron chi connectivity index (χ1n) is 9.57. The van der Waals surface area contributed by atoms with Gasteiger partial charge >= 0.3 is 11.9 Å². The molecule has 1 aromatic heterocycles. The molecule has 0 aliphatic carbocycles. The Morgan fingerprint density at radius 1 is 1.07 bits per heavy atom. The lowest BCUT2D eigenvalue weighted by molar-refractivity contribution is -0.896. The van der Waals surface area contributed by atoms with Crippen LogP contribution in [0.2, 0.25) is 0 Å². The summed E-state index contributed by atoms with van der Waals surface area (Å²) >= 11 is 1.04. The largest absolute Gasteiger partial charge is 0.462 e. The second-order valence-electron chi connectivity index (χ2n) is 6.65. The van der Waals surface area contributed by atoms with Gasteiger partial charge in [0.25, 0.3) is 5.91 Å². The van der Waals surface area contributed by atoms with Gasteiger partial charge in [-0.15, -0.1) is 11.3 Å². The minimum atomic E-state index is -0.562. The number of ether oxygens (including phenoxy) is 3. The van der Waals surface area contributed by atoms with Crippen LogP contribution in [0.25, 0.3) is 0 Å². The zero-order chi connectivity index (χ0) is 20.5. The van der Waals surface area contributed by atoms with Crippen molar-refractivity contribution < 1.29 is 33.5 Å². The van der Waals surface area contributed by atoms with Crippen LogP contribution in [-0.2, 0) is 19.0 Å². The van der Waals surface area contributed by atoms with Crippen LogP contribution in [0.4, 0.5) is 5.00 Å². The molecule has 1 aliphatic heterocycles. The fourth-order valence-corrected chi connectivity index (χ4v) is 4.26. The van der Waals surface area contributed by atoms with Gasteiger partial charge in [-0.25, -0.2) is 9.59 Å². The number of anilines is 1. The van der Waals surface area contributed by atoms with Crippen molar-refractivity contribution in [3.63, 3.8) is 0 Å². The highest BCUT2D eigenvalue weighted by atomic mass is 32.1. The summed E-state index contributed by atoms with van der Waals surface area (Å²) in [6.45, 7) is 6.24. The Hall–Kier alpha value is -1.97. The van der Waals surface area contributed by atoms with E-state index in [1.54, 1.807) is 13.8 Å². The fourth-order valence-electron chi connectivity index (χ4n) is 3.15. The predicted molar refractivity (Wildman–Crippen MR) is 105 cm³/mol. The van der Waals surface area contributed by atoms with E-state index in [0.29, 0.717) is 17.1 Å². The molecule has 2 N–H and O–H groups in total. The van der Waals surface area contributed by atoms with Gasteiger partial charge < -0.3 is 24.4 Å². The molecule has 8 nitrogen and oxygen atoms in total. The third-order valence-electron chi connectivity index (χ3n) is 4.56. The normalized spacial score (nSPS) is 14.5. The molecule has 2 heterocycles. The Morgan fingerprint density at radius 3 is 2.43 bits per heavy atom. The second-order valence-corrected chi connectivity index (χ2v) is 7.67. The Balaban J connectivity index is 2.17. The van der Waals surface area contributed by atoms with E-state index in [4.69, 9.17) is 14.2 Å². The van der Waals surface area contributed by atoms with Crippen molar-refractivity contribution in [3.05, 3.63) is 16.0 Å². The molecular formula is C19H29N2O6S+. The number of carbonyl (C=O) groups excluding carboxylic acids is 3. The van der Waals surface area contributed by atoms with E-state index < -0.39 is 11.9 Å². The molecule has 0 spiro atoms. The Morgan fingerprint density at radius 2 is 1.79 bits per heavy atom. The number of hydrogen-bond donors (Lipinski definition) is 2. The maximum atomic E-state index is 12.5. The summed E-state index contributed by atoms with van der Waals surface area (Å²) < 4.78 is 15.1. The maximum absolute atomic E-state index is 12.5. The van der Waals surface area contributed by atoms with Gasteiger partial charge in [-0.05, 0) is 38.7 Å². The monoisotopic (exact) mass is 413 g/mol. The number of hydrogen-bond acceptors (Lipinski definition) is 7. The minimum Gasteiger partial charge on any atom is -0.462 e. The summed E-state index contributed by atoms with van der Waals surface area (Å²) in [7, 11) is 1.51. The van der Waals surface area contributed by atoms with Crippen LogP contribution in [0.5, 0.6) is 0 Å². The molecule has 1 amide bonds. The zero-order valence-corrected chi connectivity index (χ0v) is 17.5. The number of quaternary nitrogens is 1. The average Bonchev–Trinajstić information content (AvgIpc) is 2.98. The standard InChI is InChI=1S/C19H28N2O6S/c1-4-26-18(23)15-13(2)16(19(24)27-11-10-25-3)28-17(15)20-14(22)12-21-8-6-5-7-9-21/h4-12H2,1-3H3,(H,20,22)/p+1. The highest BCUT2D eigenvalue weighted by Crippen LogP contribution is 2.34. The molecule has 0 unspecified atom stereocenters. The van der Waals surface area contributed by atoms with Gasteiger partial charge in [0.2, 0.25) is 0 Å². The van der Waals surface area contributed by atoms with Crippen molar-refractivity contribution in [3.8, 4) is 0 Å². The lowest BCUT2D eigenvalue weighted by atomic mass is 10.1. The van der Waals surface area contributed by atoms with Crippen LogP contribution < -0.4 is 10.2 Å². The molecule has 1 fully saturated rings. The molecule has 0 saturated carbocycles. The van der Waals surface area contributed by atoms with Gasteiger partial charge in [0.05, 0.1) is 31.9 Å². The van der Waals surface area contributed by atoms with E-state index in [-0.39, 0.29) is 36.2 Å². The third-order valence-corrected chi connectivity index (χ3v) is 5.74. The minimum absolute atomic E-state index is 0.113. The number of thiophene rings is 1. The fraction of sp³-hybridized carbons (Fsp3) is 0.632. The molecular weight excluding hydrogens is 384 g/mol. The Bertz CT molecular complexity index is 697. The first-order chi connectivity index (χ1) is 13.5. The molecule has 1 saturated heterocycles. The van der Waals surface area contributed by atoms with Crippen LogP contribution in [0, 0.1) is 6.92 Å². The van der Waals surface area contributed by atoms with E-state index in [1.165, 1.54) is 18.4 Å². The molecule has 2 rings (SSSR count). The van der Waals surface area contributed by atoms with E-state index >= 15 is 0 Å². The molecule has 1 aromatic rings. The van der Waals surface area contributed by atoms with E-state index in [1.807, 2.05) is 0 Å². The number of methoxy groups -OCH3 is 1. The number of amides is 1. The third kappa shape index (κ3) is 6.02. The van der Waals surface area contributed by atoms with Crippen molar-refractivity contribution in [2.24, 2.45) is 0 Å².